The van der Waals surface area contributed by atoms with E-state index in [0.29, 0.717) is 22.2 Å². The van der Waals surface area contributed by atoms with Crippen LogP contribution in [0.4, 0.5) is 0 Å². The Hall–Kier alpha value is -6.59. The third-order valence-corrected chi connectivity index (χ3v) is 17.0. The highest BCUT2D eigenvalue weighted by molar-refractivity contribution is 8.07. The Morgan fingerprint density at radius 1 is 0.757 bits per heavy atom. The molecule has 3 aliphatic rings. The van der Waals surface area contributed by atoms with Crippen molar-refractivity contribution in [2.45, 2.75) is 32.6 Å². The number of halogens is 1. The summed E-state index contributed by atoms with van der Waals surface area (Å²) in [4.78, 5) is 55.7. The zero-order valence-electron chi connectivity index (χ0n) is 37.1. The standard InChI is InChI=1S/C54H43ClN6O5S4/c55-31-42-52(69-34-56-42)70-44-33-68-50-46(49(63)61(50)47(44)51(64)65)57-48(62)45(58-66-54(39-25-13-4-14-26-39,40-27-15-5-16-28-40)41-29-17-6-18-30-41)43-32-67-35-60(43)59-53(36-19-7-1-8-20-36,37-21-9-2-10-22-37)38-23-11-3-12-24-38/h1-30,32,34,46,50,59H,31,33,35H2,(H,57,62)(H,64,65)/b58-45-/t46-,50+/m1/s1. The molecule has 6 aromatic carbocycles. The predicted octanol–water partition coefficient (Wildman–Crippen LogP) is 10.4. The number of carboxylic acid groups (broad SMARTS) is 1. The third kappa shape index (κ3) is 8.82. The maximum atomic E-state index is 15.4. The molecule has 3 N–H and O–H groups in total. The maximum Gasteiger partial charge on any atom is 0.353 e. The lowest BCUT2D eigenvalue weighted by Gasteiger charge is -2.49. The number of aliphatic carboxylic acids is 1. The number of hydrogen-bond donors (Lipinski definition) is 3. The second kappa shape index (κ2) is 20.8. The second-order valence-electron chi connectivity index (χ2n) is 16.3. The number of rotatable bonds is 17. The van der Waals surface area contributed by atoms with Gasteiger partial charge in [0, 0.05) is 32.8 Å². The van der Waals surface area contributed by atoms with Gasteiger partial charge in [0.05, 0.1) is 32.9 Å². The lowest BCUT2D eigenvalue weighted by atomic mass is 9.77. The van der Waals surface area contributed by atoms with Gasteiger partial charge in [-0.1, -0.05) is 199 Å². The number of β-lactam (4-membered cyclic amide) rings is 1. The molecule has 10 rings (SSSR count). The molecular formula is C54H43ClN6O5S4. The zero-order valence-corrected chi connectivity index (χ0v) is 41.2. The topological polar surface area (TPSA) is 136 Å². The number of thiazole rings is 1. The molecule has 1 aromatic heterocycles. The number of fused-ring (bicyclic) bond motifs is 1. The number of hydrazine groups is 1. The van der Waals surface area contributed by atoms with Gasteiger partial charge in [-0.3, -0.25) is 19.5 Å². The van der Waals surface area contributed by atoms with Crippen LogP contribution in [-0.4, -0.2) is 66.5 Å². The molecule has 0 aliphatic carbocycles. The lowest BCUT2D eigenvalue weighted by molar-refractivity contribution is -0.150. The molecule has 70 heavy (non-hydrogen) atoms. The van der Waals surface area contributed by atoms with Crippen LogP contribution in [0.15, 0.2) is 219 Å². The molecule has 1 saturated heterocycles. The molecule has 350 valence electrons. The first-order chi connectivity index (χ1) is 34.3. The predicted molar refractivity (Wildman–Crippen MR) is 280 cm³/mol. The summed E-state index contributed by atoms with van der Waals surface area (Å²) >= 11 is 11.6. The zero-order chi connectivity index (χ0) is 48.1. The van der Waals surface area contributed by atoms with Crippen molar-refractivity contribution in [1.29, 1.82) is 0 Å². The molecular weight excluding hydrogens is 976 g/mol. The SMILES string of the molecule is O=C(O)C1=C(Sc2scnc2CCl)CS[C@H]2[C@H](NC(=O)/C(=N\OC(c3ccccc3)(c3ccccc3)c3ccccc3)C3=CSCN3NC(c3ccccc3)(c3ccccc3)c3ccccc3)C(=O)N12. The van der Waals surface area contributed by atoms with Gasteiger partial charge in [0.2, 0.25) is 5.60 Å². The number of oxime groups is 1. The van der Waals surface area contributed by atoms with E-state index >= 15 is 4.79 Å². The van der Waals surface area contributed by atoms with E-state index in [9.17, 15) is 14.7 Å². The molecule has 4 heterocycles. The quantitative estimate of drug-likeness (QED) is 0.0264. The summed E-state index contributed by atoms with van der Waals surface area (Å²) in [6.45, 7) is 0. The van der Waals surface area contributed by atoms with E-state index < -0.39 is 40.3 Å². The number of benzene rings is 6. The number of carboxylic acids is 1. The summed E-state index contributed by atoms with van der Waals surface area (Å²) in [5.41, 5.74) is 9.14. The van der Waals surface area contributed by atoms with E-state index in [1.165, 1.54) is 51.5 Å². The summed E-state index contributed by atoms with van der Waals surface area (Å²) in [5, 5.41) is 21.6. The molecule has 7 aromatic rings. The Balaban J connectivity index is 1.08. The van der Waals surface area contributed by atoms with E-state index in [4.69, 9.17) is 21.6 Å². The Morgan fingerprint density at radius 3 is 1.71 bits per heavy atom. The minimum atomic E-state index is -1.36. The minimum absolute atomic E-state index is 0.108. The summed E-state index contributed by atoms with van der Waals surface area (Å²) in [5.74, 6) is -1.68. The number of hydrogen-bond acceptors (Lipinski definition) is 12. The van der Waals surface area contributed by atoms with Crippen LogP contribution >= 0.6 is 58.2 Å². The summed E-state index contributed by atoms with van der Waals surface area (Å²) in [6, 6.07) is 58.5. The van der Waals surface area contributed by atoms with Crippen molar-refractivity contribution in [1.82, 2.24) is 25.6 Å². The Morgan fingerprint density at radius 2 is 1.24 bits per heavy atom. The number of aromatic nitrogens is 1. The average molecular weight is 1020 g/mol. The molecule has 3 aliphatic heterocycles. The van der Waals surface area contributed by atoms with Crippen LogP contribution in [-0.2, 0) is 36.2 Å². The van der Waals surface area contributed by atoms with Crippen molar-refractivity contribution in [3.05, 3.63) is 248 Å². The number of nitrogens with zero attached hydrogens (tertiary/aromatic N) is 4. The molecule has 2 amide bonds. The van der Waals surface area contributed by atoms with Crippen LogP contribution in [0.1, 0.15) is 39.1 Å². The van der Waals surface area contributed by atoms with Gasteiger partial charge >= 0.3 is 5.97 Å². The van der Waals surface area contributed by atoms with Crippen molar-refractivity contribution in [3.8, 4) is 0 Å². The van der Waals surface area contributed by atoms with Crippen molar-refractivity contribution in [3.63, 3.8) is 0 Å². The van der Waals surface area contributed by atoms with Crippen molar-refractivity contribution in [2.75, 3.05) is 11.6 Å². The number of carbonyl (C=O) groups is 3. The van der Waals surface area contributed by atoms with Gasteiger partial charge in [0.25, 0.3) is 11.8 Å². The van der Waals surface area contributed by atoms with Crippen LogP contribution in [0.3, 0.4) is 0 Å². The molecule has 0 radical (unpaired) electrons. The molecule has 0 spiro atoms. The Labute approximate surface area is 426 Å². The van der Waals surface area contributed by atoms with Crippen LogP contribution in [0.5, 0.6) is 0 Å². The molecule has 0 saturated carbocycles. The maximum absolute atomic E-state index is 15.4. The Kier molecular flexibility index (Phi) is 14.0. The van der Waals surface area contributed by atoms with E-state index in [0.717, 1.165) is 37.6 Å². The van der Waals surface area contributed by atoms with Crippen molar-refractivity contribution in [2.24, 2.45) is 5.16 Å². The van der Waals surface area contributed by atoms with Gasteiger partial charge in [-0.2, -0.15) is 0 Å². The van der Waals surface area contributed by atoms with Gasteiger partial charge in [-0.25, -0.2) is 15.2 Å². The van der Waals surface area contributed by atoms with Gasteiger partial charge < -0.3 is 15.3 Å². The second-order valence-corrected chi connectivity index (χ2v) is 20.7. The van der Waals surface area contributed by atoms with E-state index in [1.54, 1.807) is 5.51 Å². The molecule has 2 atom stereocenters. The highest BCUT2D eigenvalue weighted by atomic mass is 35.5. The number of amides is 2. The van der Waals surface area contributed by atoms with Crippen molar-refractivity contribution < 1.29 is 24.3 Å². The first-order valence-electron chi connectivity index (χ1n) is 22.2. The normalized spacial score (nSPS) is 17.1. The average Bonchev–Trinajstić information content (AvgIpc) is 4.08. The largest absolute Gasteiger partial charge is 0.477 e. The number of nitrogens with one attached hydrogen (secondary N) is 2. The first kappa shape index (κ1) is 47.1. The first-order valence-corrected chi connectivity index (χ1v) is 26.5. The van der Waals surface area contributed by atoms with Gasteiger partial charge in [-0.05, 0) is 16.7 Å². The van der Waals surface area contributed by atoms with Crippen LogP contribution in [0.25, 0.3) is 0 Å². The van der Waals surface area contributed by atoms with Crippen LogP contribution in [0, 0.1) is 0 Å². The van der Waals surface area contributed by atoms with Crippen LogP contribution in [0.2, 0.25) is 0 Å². The summed E-state index contributed by atoms with van der Waals surface area (Å²) < 4.78 is 0.760. The number of carbonyl (C=O) groups excluding carboxylic acids is 2. The smallest absolute Gasteiger partial charge is 0.353 e. The number of alkyl halides is 1. The molecule has 11 nitrogen and oxygen atoms in total. The molecule has 16 heteroatoms. The Bertz CT molecular complexity index is 2900. The summed E-state index contributed by atoms with van der Waals surface area (Å²) in [7, 11) is 0. The minimum Gasteiger partial charge on any atom is -0.477 e. The lowest BCUT2D eigenvalue weighted by Crippen LogP contribution is -2.71. The number of thioether (sulfide) groups is 3. The summed E-state index contributed by atoms with van der Waals surface area (Å²) in [6.07, 6.45) is 0. The van der Waals surface area contributed by atoms with Gasteiger partial charge in [-0.15, -0.1) is 46.5 Å². The van der Waals surface area contributed by atoms with E-state index in [-0.39, 0.29) is 23.0 Å². The van der Waals surface area contributed by atoms with E-state index in [2.05, 4.69) is 52.1 Å². The fourth-order valence-electron chi connectivity index (χ4n) is 8.98. The van der Waals surface area contributed by atoms with Crippen LogP contribution < -0.4 is 10.7 Å². The monoisotopic (exact) mass is 1020 g/mol. The molecule has 1 fully saturated rings. The van der Waals surface area contributed by atoms with Crippen molar-refractivity contribution >= 4 is 81.7 Å². The highest BCUT2D eigenvalue weighted by Gasteiger charge is 2.55. The fraction of sp³-hybridized carbons (Fsp3) is 0.130. The highest BCUT2D eigenvalue weighted by Crippen LogP contribution is 2.47. The molecule has 0 unspecified atom stereocenters. The fourth-order valence-corrected chi connectivity index (χ4v) is 13.7. The van der Waals surface area contributed by atoms with Gasteiger partial charge in [0.15, 0.2) is 5.71 Å². The third-order valence-electron chi connectivity index (χ3n) is 12.3. The van der Waals surface area contributed by atoms with E-state index in [1.807, 2.05) is 156 Å². The molecule has 0 bridgehead atoms. The van der Waals surface area contributed by atoms with Gasteiger partial charge in [0.1, 0.15) is 22.7 Å².